The molecule has 4 heteroatoms. The number of aromatic nitrogens is 1. The van der Waals surface area contributed by atoms with Crippen molar-refractivity contribution in [1.82, 2.24) is 10.3 Å². The Hall–Kier alpha value is -1.58. The van der Waals surface area contributed by atoms with Gasteiger partial charge in [0, 0.05) is 36.6 Å². The molecule has 0 aliphatic carbocycles. The predicted octanol–water partition coefficient (Wildman–Crippen LogP) is 1.80. The maximum atomic E-state index is 11.5. The Morgan fingerprint density at radius 1 is 1.31 bits per heavy atom. The van der Waals surface area contributed by atoms with Gasteiger partial charge in [0.1, 0.15) is 0 Å². The molecule has 1 aromatic rings. The zero-order valence-corrected chi connectivity index (χ0v) is 10.1. The summed E-state index contributed by atoms with van der Waals surface area (Å²) in [5, 5.41) is 6.07. The van der Waals surface area contributed by atoms with E-state index >= 15 is 0 Å². The molecule has 1 amide bonds. The summed E-state index contributed by atoms with van der Waals surface area (Å²) < 4.78 is 0. The van der Waals surface area contributed by atoms with Gasteiger partial charge in [-0.25, -0.2) is 0 Å². The van der Waals surface area contributed by atoms with Crippen molar-refractivity contribution in [3.63, 3.8) is 0 Å². The highest BCUT2D eigenvalue weighted by Crippen LogP contribution is 2.03. The molecule has 0 atom stereocenters. The van der Waals surface area contributed by atoms with Crippen LogP contribution in [0.1, 0.15) is 27.2 Å². The maximum Gasteiger partial charge on any atom is 0.222 e. The number of carbonyl (C=O) groups is 1. The fourth-order valence-corrected chi connectivity index (χ4v) is 1.27. The van der Waals surface area contributed by atoms with Crippen molar-refractivity contribution in [3.05, 3.63) is 24.5 Å². The van der Waals surface area contributed by atoms with Crippen molar-refractivity contribution in [1.29, 1.82) is 0 Å². The lowest BCUT2D eigenvalue weighted by Gasteiger charge is -2.20. The summed E-state index contributed by atoms with van der Waals surface area (Å²) in [5.41, 5.74) is 0.826. The number of amides is 1. The Morgan fingerprint density at radius 3 is 2.50 bits per heavy atom. The van der Waals surface area contributed by atoms with E-state index in [4.69, 9.17) is 0 Å². The molecule has 0 aliphatic rings. The van der Waals surface area contributed by atoms with Crippen molar-refractivity contribution in [3.8, 4) is 0 Å². The van der Waals surface area contributed by atoms with Crippen LogP contribution in [0.3, 0.4) is 0 Å². The average molecular weight is 221 g/mol. The van der Waals surface area contributed by atoms with E-state index in [1.807, 2.05) is 32.9 Å². The van der Waals surface area contributed by atoms with E-state index in [2.05, 4.69) is 15.6 Å². The largest absolute Gasteiger partial charge is 0.384 e. The molecule has 0 saturated carbocycles. The van der Waals surface area contributed by atoms with Crippen molar-refractivity contribution in [2.75, 3.05) is 11.9 Å². The summed E-state index contributed by atoms with van der Waals surface area (Å²) in [4.78, 5) is 15.4. The Kier molecular flexibility index (Phi) is 4.28. The normalized spacial score (nSPS) is 10.9. The van der Waals surface area contributed by atoms with E-state index in [0.29, 0.717) is 13.0 Å². The van der Waals surface area contributed by atoms with Gasteiger partial charge in [0.2, 0.25) is 5.91 Å². The first kappa shape index (κ1) is 12.5. The van der Waals surface area contributed by atoms with E-state index < -0.39 is 0 Å². The minimum atomic E-state index is -0.159. The van der Waals surface area contributed by atoms with Crippen LogP contribution >= 0.6 is 0 Å². The summed E-state index contributed by atoms with van der Waals surface area (Å²) in [6.45, 7) is 6.55. The van der Waals surface area contributed by atoms with Crippen LogP contribution in [0.5, 0.6) is 0 Å². The van der Waals surface area contributed by atoms with Crippen LogP contribution in [0.4, 0.5) is 5.69 Å². The number of nitrogens with one attached hydrogen (secondary N) is 2. The van der Waals surface area contributed by atoms with Gasteiger partial charge in [-0.1, -0.05) is 0 Å². The van der Waals surface area contributed by atoms with Crippen LogP contribution in [0.2, 0.25) is 0 Å². The second kappa shape index (κ2) is 5.49. The number of rotatable bonds is 4. The van der Waals surface area contributed by atoms with E-state index in [0.717, 1.165) is 5.69 Å². The Bertz CT molecular complexity index is 330. The topological polar surface area (TPSA) is 54.0 Å². The van der Waals surface area contributed by atoms with Gasteiger partial charge in [-0.3, -0.25) is 9.78 Å². The van der Waals surface area contributed by atoms with Crippen LogP contribution in [0.15, 0.2) is 24.5 Å². The second-order valence-electron chi connectivity index (χ2n) is 4.71. The molecule has 0 fully saturated rings. The number of hydrogen-bond donors (Lipinski definition) is 2. The third-order valence-electron chi connectivity index (χ3n) is 1.88. The predicted molar refractivity (Wildman–Crippen MR) is 65.2 cm³/mol. The molecule has 0 saturated heterocycles. The molecule has 1 rings (SSSR count). The van der Waals surface area contributed by atoms with Crippen LogP contribution in [-0.2, 0) is 4.79 Å². The van der Waals surface area contributed by atoms with Crippen molar-refractivity contribution in [2.24, 2.45) is 0 Å². The van der Waals surface area contributed by atoms with Gasteiger partial charge in [0.25, 0.3) is 0 Å². The molecule has 0 spiro atoms. The lowest BCUT2D eigenvalue weighted by molar-refractivity contribution is -0.122. The van der Waals surface area contributed by atoms with Crippen LogP contribution in [-0.4, -0.2) is 23.0 Å². The van der Waals surface area contributed by atoms with E-state index in [1.165, 1.54) is 0 Å². The number of carbonyl (C=O) groups excluding carboxylic acids is 1. The van der Waals surface area contributed by atoms with Gasteiger partial charge in [0.05, 0.1) is 0 Å². The van der Waals surface area contributed by atoms with E-state index in [1.54, 1.807) is 12.4 Å². The monoisotopic (exact) mass is 221 g/mol. The lowest BCUT2D eigenvalue weighted by atomic mass is 10.1. The number of nitrogens with zero attached hydrogens (tertiary/aromatic N) is 1. The Labute approximate surface area is 96.5 Å². The fraction of sp³-hybridized carbons (Fsp3) is 0.500. The van der Waals surface area contributed by atoms with Gasteiger partial charge in [-0.2, -0.15) is 0 Å². The first-order valence-electron chi connectivity index (χ1n) is 5.42. The maximum absolute atomic E-state index is 11.5. The van der Waals surface area contributed by atoms with E-state index in [-0.39, 0.29) is 11.4 Å². The van der Waals surface area contributed by atoms with Crippen LogP contribution in [0, 0.1) is 0 Å². The third-order valence-corrected chi connectivity index (χ3v) is 1.88. The first-order chi connectivity index (χ1) is 7.47. The molecule has 0 aliphatic heterocycles. The molecule has 0 radical (unpaired) electrons. The fourth-order valence-electron chi connectivity index (χ4n) is 1.27. The molecule has 88 valence electrons. The first-order valence-corrected chi connectivity index (χ1v) is 5.42. The summed E-state index contributed by atoms with van der Waals surface area (Å²) in [6.07, 6.45) is 3.91. The highest BCUT2D eigenvalue weighted by Gasteiger charge is 2.12. The van der Waals surface area contributed by atoms with Gasteiger partial charge in [-0.05, 0) is 32.9 Å². The lowest BCUT2D eigenvalue weighted by Crippen LogP contribution is -2.41. The highest BCUT2D eigenvalue weighted by atomic mass is 16.1. The average Bonchev–Trinajstić information content (AvgIpc) is 2.16. The molecule has 1 aromatic heterocycles. The van der Waals surface area contributed by atoms with Gasteiger partial charge >= 0.3 is 0 Å². The minimum Gasteiger partial charge on any atom is -0.384 e. The molecule has 2 N–H and O–H groups in total. The molecule has 16 heavy (non-hydrogen) atoms. The summed E-state index contributed by atoms with van der Waals surface area (Å²) >= 11 is 0. The van der Waals surface area contributed by atoms with Gasteiger partial charge in [0.15, 0.2) is 0 Å². The standard InChI is InChI=1S/C12H19N3O/c1-12(2,3)15-11(16)6-9-14-10-4-7-13-8-5-10/h4-5,7-8H,6,9H2,1-3H3,(H,13,14)(H,15,16). The highest BCUT2D eigenvalue weighted by molar-refractivity contribution is 5.77. The second-order valence-corrected chi connectivity index (χ2v) is 4.71. The SMILES string of the molecule is CC(C)(C)NC(=O)CCNc1ccncc1. The smallest absolute Gasteiger partial charge is 0.222 e. The number of anilines is 1. The van der Waals surface area contributed by atoms with Crippen molar-refractivity contribution in [2.45, 2.75) is 32.7 Å². The molecule has 4 nitrogen and oxygen atoms in total. The third kappa shape index (κ3) is 5.34. The summed E-state index contributed by atoms with van der Waals surface area (Å²) in [6, 6.07) is 3.75. The molecule has 0 unspecified atom stereocenters. The number of hydrogen-bond acceptors (Lipinski definition) is 3. The number of pyridine rings is 1. The molecular formula is C12H19N3O. The van der Waals surface area contributed by atoms with Crippen molar-refractivity contribution < 1.29 is 4.79 Å². The van der Waals surface area contributed by atoms with Gasteiger partial charge in [-0.15, -0.1) is 0 Å². The minimum absolute atomic E-state index is 0.0639. The summed E-state index contributed by atoms with van der Waals surface area (Å²) in [7, 11) is 0. The summed E-state index contributed by atoms with van der Waals surface area (Å²) in [5.74, 6) is 0.0639. The van der Waals surface area contributed by atoms with Crippen LogP contribution in [0.25, 0.3) is 0 Å². The molecule has 0 bridgehead atoms. The zero-order chi connectivity index (χ0) is 12.0. The van der Waals surface area contributed by atoms with Gasteiger partial charge < -0.3 is 10.6 Å². The zero-order valence-electron chi connectivity index (χ0n) is 10.1. The Balaban J connectivity index is 2.24. The molecular weight excluding hydrogens is 202 g/mol. The molecule has 0 aromatic carbocycles. The van der Waals surface area contributed by atoms with Crippen molar-refractivity contribution >= 4 is 11.6 Å². The van der Waals surface area contributed by atoms with E-state index in [9.17, 15) is 4.79 Å². The quantitative estimate of drug-likeness (QED) is 0.815. The molecule has 1 heterocycles. The Morgan fingerprint density at radius 2 is 1.94 bits per heavy atom. The van der Waals surface area contributed by atoms with Crippen LogP contribution < -0.4 is 10.6 Å².